The van der Waals surface area contributed by atoms with Crippen molar-refractivity contribution < 1.29 is 13.7 Å². The minimum atomic E-state index is -0.504. The van der Waals surface area contributed by atoms with Crippen LogP contribution in [0.4, 0.5) is 17.1 Å². The van der Waals surface area contributed by atoms with Crippen LogP contribution in [0.1, 0.15) is 52.7 Å². The lowest BCUT2D eigenvalue weighted by molar-refractivity contribution is 0.00578. The fourth-order valence-corrected chi connectivity index (χ4v) is 7.86. The molecule has 2 aliphatic rings. The largest absolute Gasteiger partial charge is 0.495 e. The predicted octanol–water partition coefficient (Wildman–Crippen LogP) is 11.3. The fourth-order valence-electron chi connectivity index (χ4n) is 7.86. The third kappa shape index (κ3) is 4.68. The van der Waals surface area contributed by atoms with Crippen molar-refractivity contribution in [2.24, 2.45) is 0 Å². The van der Waals surface area contributed by atoms with E-state index in [4.69, 9.17) is 13.7 Å². The van der Waals surface area contributed by atoms with Crippen LogP contribution in [-0.2, 0) is 14.7 Å². The SMILES string of the molecule is CC1(C)c2ccccc2-c2ccc(N(c3ccc(-c4ccccc4)cc3)c3ccc4oc5cccc(B6OC(C)(C)C(C)(C)O6)c5c4c3)cc21. The van der Waals surface area contributed by atoms with Crippen molar-refractivity contribution in [3.63, 3.8) is 0 Å². The quantitative estimate of drug-likeness (QED) is 0.173. The number of hydrogen-bond donors (Lipinski definition) is 0. The van der Waals surface area contributed by atoms with Gasteiger partial charge in [0.05, 0.1) is 11.2 Å². The van der Waals surface area contributed by atoms with Gasteiger partial charge in [0.2, 0.25) is 0 Å². The molecule has 9 rings (SSSR count). The lowest BCUT2D eigenvalue weighted by atomic mass is 9.76. The van der Waals surface area contributed by atoms with Gasteiger partial charge in [-0.15, -0.1) is 0 Å². The van der Waals surface area contributed by atoms with Crippen molar-refractivity contribution >= 4 is 51.6 Å². The van der Waals surface area contributed by atoms with Gasteiger partial charge in [0.25, 0.3) is 0 Å². The van der Waals surface area contributed by atoms with Crippen LogP contribution in [-0.4, -0.2) is 18.3 Å². The summed E-state index contributed by atoms with van der Waals surface area (Å²) in [6.07, 6.45) is 0. The fraction of sp³-hybridized carbons (Fsp3) is 0.200. The normalized spacial score (nSPS) is 16.9. The Balaban J connectivity index is 1.22. The first-order chi connectivity index (χ1) is 24.0. The zero-order valence-electron chi connectivity index (χ0n) is 29.5. The molecule has 0 spiro atoms. The number of rotatable bonds is 5. The average molecular weight is 654 g/mol. The summed E-state index contributed by atoms with van der Waals surface area (Å²) in [6, 6.07) is 47.8. The van der Waals surface area contributed by atoms with Gasteiger partial charge in [0.15, 0.2) is 0 Å². The summed E-state index contributed by atoms with van der Waals surface area (Å²) in [5.41, 5.74) is 12.5. The highest BCUT2D eigenvalue weighted by Crippen LogP contribution is 2.51. The maximum atomic E-state index is 6.55. The Hall–Kier alpha value is -5.10. The van der Waals surface area contributed by atoms with E-state index in [0.29, 0.717) is 0 Å². The number of nitrogens with zero attached hydrogens (tertiary/aromatic N) is 1. The summed E-state index contributed by atoms with van der Waals surface area (Å²) in [4.78, 5) is 2.36. The molecule has 1 aromatic heterocycles. The molecule has 1 aliphatic heterocycles. The van der Waals surface area contributed by atoms with Crippen molar-refractivity contribution in [2.75, 3.05) is 4.90 Å². The number of fused-ring (bicyclic) bond motifs is 6. The van der Waals surface area contributed by atoms with Crippen LogP contribution >= 0.6 is 0 Å². The number of anilines is 3. The van der Waals surface area contributed by atoms with Crippen LogP contribution in [0.3, 0.4) is 0 Å². The maximum Gasteiger partial charge on any atom is 0.495 e. The van der Waals surface area contributed by atoms with Gasteiger partial charge in [-0.25, -0.2) is 0 Å². The molecule has 0 radical (unpaired) electrons. The molecule has 1 fully saturated rings. The maximum absolute atomic E-state index is 6.55. The van der Waals surface area contributed by atoms with Gasteiger partial charge in [0, 0.05) is 33.2 Å². The van der Waals surface area contributed by atoms with E-state index < -0.39 is 18.3 Å². The Morgan fingerprint density at radius 1 is 0.500 bits per heavy atom. The first kappa shape index (κ1) is 30.9. The minimum absolute atomic E-state index is 0.118. The average Bonchev–Trinajstić information content (AvgIpc) is 3.68. The van der Waals surface area contributed by atoms with Crippen LogP contribution in [0.5, 0.6) is 0 Å². The molecule has 4 nitrogen and oxygen atoms in total. The smallest absolute Gasteiger partial charge is 0.456 e. The van der Waals surface area contributed by atoms with Gasteiger partial charge < -0.3 is 18.6 Å². The summed E-state index contributed by atoms with van der Waals surface area (Å²) in [7, 11) is -0.504. The Bertz CT molecular complexity index is 2410. The third-order valence-corrected chi connectivity index (χ3v) is 11.3. The molecule has 1 saturated heterocycles. The lowest BCUT2D eigenvalue weighted by Crippen LogP contribution is -2.41. The van der Waals surface area contributed by atoms with Crippen molar-refractivity contribution in [1.82, 2.24) is 0 Å². The molecule has 0 saturated carbocycles. The van der Waals surface area contributed by atoms with Crippen molar-refractivity contribution in [1.29, 1.82) is 0 Å². The van der Waals surface area contributed by atoms with E-state index in [-0.39, 0.29) is 5.41 Å². The van der Waals surface area contributed by atoms with Gasteiger partial charge >= 0.3 is 7.12 Å². The Labute approximate surface area is 294 Å². The first-order valence-corrected chi connectivity index (χ1v) is 17.5. The standard InChI is InChI=1S/C45H40BNO3/c1-43(2)37-16-11-10-15-34(37)35-25-23-33(28-38(35)43)47(31-21-19-30(20-22-31)29-13-8-7-9-14-29)32-24-26-40-36(27-32)42-39(17-12-18-41(42)48-40)46-49-44(3,4)45(5,6)50-46/h7-28H,1-6H3. The Kier molecular flexibility index (Phi) is 6.77. The second-order valence-corrected chi connectivity index (χ2v) is 15.2. The van der Waals surface area contributed by atoms with E-state index in [0.717, 1.165) is 44.5 Å². The van der Waals surface area contributed by atoms with E-state index in [1.807, 2.05) is 12.1 Å². The molecule has 246 valence electrons. The van der Waals surface area contributed by atoms with E-state index in [1.54, 1.807) is 0 Å². The lowest BCUT2D eigenvalue weighted by Gasteiger charge is -2.32. The van der Waals surface area contributed by atoms with Crippen LogP contribution in [0.2, 0.25) is 0 Å². The summed E-state index contributed by atoms with van der Waals surface area (Å²) < 4.78 is 19.6. The summed E-state index contributed by atoms with van der Waals surface area (Å²) in [5, 5.41) is 2.05. The number of benzene rings is 6. The zero-order chi connectivity index (χ0) is 34.4. The topological polar surface area (TPSA) is 34.8 Å². The summed E-state index contributed by atoms with van der Waals surface area (Å²) >= 11 is 0. The molecule has 0 atom stereocenters. The molecule has 5 heteroatoms. The summed E-state index contributed by atoms with van der Waals surface area (Å²) in [5.74, 6) is 0. The Morgan fingerprint density at radius 2 is 1.12 bits per heavy atom. The first-order valence-electron chi connectivity index (χ1n) is 17.5. The molecule has 2 heterocycles. The number of furan rings is 1. The van der Waals surface area contributed by atoms with Crippen LogP contribution in [0.15, 0.2) is 138 Å². The molecule has 1 aliphatic carbocycles. The molecule has 0 N–H and O–H groups in total. The highest BCUT2D eigenvalue weighted by molar-refractivity contribution is 6.66. The van der Waals surface area contributed by atoms with Crippen LogP contribution < -0.4 is 10.4 Å². The second kappa shape index (κ2) is 11.0. The van der Waals surface area contributed by atoms with Gasteiger partial charge in [-0.1, -0.05) is 98.8 Å². The molecular formula is C45H40BNO3. The van der Waals surface area contributed by atoms with Crippen LogP contribution in [0.25, 0.3) is 44.2 Å². The Morgan fingerprint density at radius 3 is 1.88 bits per heavy atom. The van der Waals surface area contributed by atoms with Gasteiger partial charge in [0.1, 0.15) is 11.2 Å². The van der Waals surface area contributed by atoms with E-state index in [9.17, 15) is 0 Å². The molecule has 0 unspecified atom stereocenters. The number of hydrogen-bond acceptors (Lipinski definition) is 4. The van der Waals surface area contributed by atoms with E-state index in [1.165, 1.54) is 33.4 Å². The van der Waals surface area contributed by atoms with Gasteiger partial charge in [-0.3, -0.25) is 0 Å². The van der Waals surface area contributed by atoms with E-state index >= 15 is 0 Å². The molecule has 0 amide bonds. The molecule has 50 heavy (non-hydrogen) atoms. The predicted molar refractivity (Wildman–Crippen MR) is 207 cm³/mol. The minimum Gasteiger partial charge on any atom is -0.456 e. The van der Waals surface area contributed by atoms with E-state index in [2.05, 4.69) is 168 Å². The zero-order valence-corrected chi connectivity index (χ0v) is 29.5. The third-order valence-electron chi connectivity index (χ3n) is 11.3. The van der Waals surface area contributed by atoms with Gasteiger partial charge in [-0.05, 0) is 115 Å². The van der Waals surface area contributed by atoms with Crippen molar-refractivity contribution in [3.05, 3.63) is 145 Å². The second-order valence-electron chi connectivity index (χ2n) is 15.2. The van der Waals surface area contributed by atoms with Crippen molar-refractivity contribution in [3.8, 4) is 22.3 Å². The molecule has 6 aromatic carbocycles. The van der Waals surface area contributed by atoms with Crippen LogP contribution in [0, 0.1) is 0 Å². The monoisotopic (exact) mass is 653 g/mol. The molecular weight excluding hydrogens is 613 g/mol. The van der Waals surface area contributed by atoms with Gasteiger partial charge in [-0.2, -0.15) is 0 Å². The summed E-state index contributed by atoms with van der Waals surface area (Å²) in [6.45, 7) is 13.0. The molecule has 7 aromatic rings. The highest BCUT2D eigenvalue weighted by atomic mass is 16.7. The van der Waals surface area contributed by atoms with Crippen molar-refractivity contribution in [2.45, 2.75) is 58.2 Å². The molecule has 0 bridgehead atoms. The highest BCUT2D eigenvalue weighted by Gasteiger charge is 2.52.